The Labute approximate surface area is 276 Å². The van der Waals surface area contributed by atoms with E-state index in [-0.39, 0.29) is 92.9 Å². The van der Waals surface area contributed by atoms with Crippen LogP contribution >= 0.6 is 48.1 Å². The van der Waals surface area contributed by atoms with Gasteiger partial charge >= 0.3 is 7.60 Å². The predicted molar refractivity (Wildman–Crippen MR) is 194 cm³/mol. The summed E-state index contributed by atoms with van der Waals surface area (Å²) in [6.45, 7) is 7.69. The van der Waals surface area contributed by atoms with E-state index >= 15 is 0 Å². The van der Waals surface area contributed by atoms with E-state index in [1.807, 2.05) is 18.2 Å². The summed E-state index contributed by atoms with van der Waals surface area (Å²) < 4.78 is 23.8. The fourth-order valence-corrected chi connectivity index (χ4v) is 9.15. The van der Waals surface area contributed by atoms with Gasteiger partial charge in [0, 0.05) is 24.9 Å². The smallest absolute Gasteiger partial charge is 0.358 e. The van der Waals surface area contributed by atoms with Crippen LogP contribution in [0.2, 0.25) is 0 Å². The Balaban J connectivity index is 0. The molecule has 0 amide bonds. The summed E-state index contributed by atoms with van der Waals surface area (Å²) in [5, 5.41) is 0.315. The number of rotatable bonds is 3. The second-order valence-electron chi connectivity index (χ2n) is 11.4. The minimum atomic E-state index is -3.80. The lowest BCUT2D eigenvalue weighted by atomic mass is 9.50. The van der Waals surface area contributed by atoms with Crippen molar-refractivity contribution in [3.63, 3.8) is 0 Å². The van der Waals surface area contributed by atoms with Crippen molar-refractivity contribution in [3.8, 4) is 0 Å². The lowest BCUT2D eigenvalue weighted by Gasteiger charge is -2.55. The van der Waals surface area contributed by atoms with Crippen LogP contribution < -0.4 is 5.30 Å². The first-order valence-electron chi connectivity index (χ1n) is 13.0. The van der Waals surface area contributed by atoms with Gasteiger partial charge in [0.25, 0.3) is 0 Å². The van der Waals surface area contributed by atoms with Crippen LogP contribution in [0.1, 0.15) is 99.5 Å². The number of benzene rings is 1. The van der Waals surface area contributed by atoms with Gasteiger partial charge in [-0.3, -0.25) is 9.36 Å². The third-order valence-electron chi connectivity index (χ3n) is 10.0. The fraction of sp³-hybridized carbons (Fsp3) is 0.606. The molecule has 1 aromatic carbocycles. The van der Waals surface area contributed by atoms with E-state index in [1.54, 1.807) is 12.1 Å². The first kappa shape index (κ1) is 43.4. The quantitative estimate of drug-likeness (QED) is 0.260. The van der Waals surface area contributed by atoms with Crippen molar-refractivity contribution < 1.29 is 23.5 Å². The van der Waals surface area contributed by atoms with Crippen LogP contribution in [0, 0.1) is 17.3 Å². The minimum absolute atomic E-state index is 0. The summed E-state index contributed by atoms with van der Waals surface area (Å²) in [7, 11) is -2.53. The Morgan fingerprint density at radius 2 is 1.64 bits per heavy atom. The lowest BCUT2D eigenvalue weighted by molar-refractivity contribution is -0.114. The zero-order valence-corrected chi connectivity index (χ0v) is 26.1. The number of hydrogen-bond donors (Lipinski definition) is 1. The molecule has 0 bridgehead atoms. The molecule has 1 unspecified atom stereocenters. The maximum atomic E-state index is 12.4. The maximum absolute atomic E-state index is 12.4. The largest absolute Gasteiger partial charge is 0.370 e. The Hall–Kier alpha value is -0.730. The first-order valence-corrected chi connectivity index (χ1v) is 14.6. The summed E-state index contributed by atoms with van der Waals surface area (Å²) in [5.41, 5.74) is 6.34. The molecule has 3 fully saturated rings. The van der Waals surface area contributed by atoms with Crippen molar-refractivity contribution in [3.05, 3.63) is 64.8 Å². The van der Waals surface area contributed by atoms with Crippen LogP contribution in [0.4, 0.5) is 0 Å². The number of ether oxygens (including phenoxy) is 1. The molecule has 9 heteroatoms. The first-order chi connectivity index (χ1) is 16.7. The Kier molecular flexibility index (Phi) is 16.0. The maximum Gasteiger partial charge on any atom is 0.358 e. The Morgan fingerprint density at radius 1 is 1.00 bits per heavy atom. The van der Waals surface area contributed by atoms with E-state index in [1.165, 1.54) is 35.0 Å². The van der Waals surface area contributed by atoms with Gasteiger partial charge in [-0.15, -0.1) is 0 Å². The molecule has 1 saturated heterocycles. The SMILES string of the molecule is C.C.C.C.C=C1CCO[C@]12CC[C@H]1[C@@H]3CCC4=CC(=O)CCC4=C3[C@@H](c3ccc(P(=O)(O)OC)cc3)C[C@@]12C.S.S.S. The van der Waals surface area contributed by atoms with Gasteiger partial charge in [-0.1, -0.05) is 60.9 Å². The Bertz CT molecular complexity index is 1230. The number of carbonyl (C=O) groups excluding carboxylic acids is 1. The lowest BCUT2D eigenvalue weighted by Crippen LogP contribution is -2.52. The summed E-state index contributed by atoms with van der Waals surface area (Å²) in [5.74, 6) is 1.45. The van der Waals surface area contributed by atoms with Crippen LogP contribution in [0.25, 0.3) is 0 Å². The molecule has 4 aliphatic carbocycles. The van der Waals surface area contributed by atoms with Gasteiger partial charge in [0.1, 0.15) is 0 Å². The van der Waals surface area contributed by atoms with Crippen molar-refractivity contribution in [2.75, 3.05) is 13.7 Å². The monoisotopic (exact) mass is 660 g/mol. The molecule has 1 heterocycles. The summed E-state index contributed by atoms with van der Waals surface area (Å²) in [6.07, 6.45) is 9.48. The summed E-state index contributed by atoms with van der Waals surface area (Å²) >= 11 is 0. The zero-order valence-electron chi connectivity index (χ0n) is 22.2. The van der Waals surface area contributed by atoms with E-state index in [9.17, 15) is 14.3 Å². The van der Waals surface area contributed by atoms with Crippen molar-refractivity contribution in [1.82, 2.24) is 0 Å². The van der Waals surface area contributed by atoms with Crippen LogP contribution in [0.5, 0.6) is 0 Å². The fourth-order valence-electron chi connectivity index (χ4n) is 8.42. The molecule has 5 aliphatic rings. The summed E-state index contributed by atoms with van der Waals surface area (Å²) in [6, 6.07) is 7.50. The van der Waals surface area contributed by atoms with E-state index < -0.39 is 7.60 Å². The minimum Gasteiger partial charge on any atom is -0.370 e. The van der Waals surface area contributed by atoms with Crippen LogP contribution in [0.3, 0.4) is 0 Å². The second kappa shape index (κ2) is 15.5. The van der Waals surface area contributed by atoms with Gasteiger partial charge in [-0.25, -0.2) is 0 Å². The van der Waals surface area contributed by atoms with Gasteiger partial charge in [0.2, 0.25) is 0 Å². The molecule has 2 saturated carbocycles. The number of carbonyl (C=O) groups is 1. The molecule has 42 heavy (non-hydrogen) atoms. The van der Waals surface area contributed by atoms with Gasteiger partial charge in [-0.2, -0.15) is 40.5 Å². The molecule has 5 nitrogen and oxygen atoms in total. The molecule has 0 aromatic heterocycles. The third-order valence-corrected chi connectivity index (χ3v) is 11.5. The highest BCUT2D eigenvalue weighted by molar-refractivity contribution is 7.61. The predicted octanol–water partition coefficient (Wildman–Crippen LogP) is 8.64. The van der Waals surface area contributed by atoms with Gasteiger partial charge in [-0.05, 0) is 97.3 Å². The highest BCUT2D eigenvalue weighted by atomic mass is 32.1. The molecule has 1 N–H and O–H groups in total. The van der Waals surface area contributed by atoms with E-state index in [2.05, 4.69) is 13.5 Å². The van der Waals surface area contributed by atoms with E-state index in [4.69, 9.17) is 9.26 Å². The number of hydrogen-bond acceptors (Lipinski definition) is 4. The second-order valence-corrected chi connectivity index (χ2v) is 13.3. The van der Waals surface area contributed by atoms with Gasteiger partial charge in [0.15, 0.2) is 5.78 Å². The Morgan fingerprint density at radius 3 is 2.21 bits per heavy atom. The van der Waals surface area contributed by atoms with Crippen molar-refractivity contribution in [1.29, 1.82) is 0 Å². The van der Waals surface area contributed by atoms with Crippen molar-refractivity contribution >= 4 is 59.2 Å². The van der Waals surface area contributed by atoms with E-state index in [0.29, 0.717) is 23.6 Å². The average Bonchev–Trinajstić information content (AvgIpc) is 3.38. The average molecular weight is 661 g/mol. The topological polar surface area (TPSA) is 72.8 Å². The normalized spacial score (nSPS) is 31.8. The molecule has 1 aromatic rings. The molecule has 242 valence electrons. The van der Waals surface area contributed by atoms with Crippen LogP contribution in [-0.2, 0) is 18.6 Å². The standard InChI is InChI=1S/C29H35O5P.4CH4.3H2S/c1-18-13-15-34-29(18)14-12-26-24-10-6-20-16-21(30)7-11-23(20)27(24)25(17-28(26,29)2)19-4-8-22(9-5-19)35(31,32)33-3;;;;;;;/h4-5,8-9,16,24-26H,1,6-7,10-15,17H2,2-3H3,(H,31,32);4*1H4;3*1H2/t24-,25+,26-,28-,29+;;;;;;;/m0......./s1. The van der Waals surface area contributed by atoms with E-state index in [0.717, 1.165) is 51.6 Å². The molecule has 6 atom stereocenters. The van der Waals surface area contributed by atoms with Crippen LogP contribution in [0.15, 0.2) is 59.2 Å². The van der Waals surface area contributed by atoms with Crippen molar-refractivity contribution in [2.45, 2.75) is 99.5 Å². The molecule has 1 aliphatic heterocycles. The zero-order chi connectivity index (χ0) is 24.6. The highest BCUT2D eigenvalue weighted by Crippen LogP contribution is 2.70. The molecular weight excluding hydrogens is 604 g/mol. The van der Waals surface area contributed by atoms with Crippen LogP contribution in [-0.4, -0.2) is 30.0 Å². The summed E-state index contributed by atoms with van der Waals surface area (Å²) in [4.78, 5) is 22.4. The molecular formula is C33H57O5PS3. The highest BCUT2D eigenvalue weighted by Gasteiger charge is 2.65. The van der Waals surface area contributed by atoms with Gasteiger partial charge < -0.3 is 14.2 Å². The number of allylic oxidation sites excluding steroid dienone is 4. The molecule has 1 spiro atoms. The molecule has 0 radical (unpaired) electrons. The number of ketones is 1. The third kappa shape index (κ3) is 6.34. The van der Waals surface area contributed by atoms with Gasteiger partial charge in [0.05, 0.1) is 17.5 Å². The van der Waals surface area contributed by atoms with Crippen molar-refractivity contribution in [2.24, 2.45) is 17.3 Å². The molecule has 6 rings (SSSR count). The number of fused-ring (bicyclic) bond motifs is 5.